The average molecular weight is 284 g/mol. The Kier molecular flexibility index (Phi) is 2.70. The molecule has 4 rings (SSSR count). The highest BCUT2D eigenvalue weighted by Gasteiger charge is 2.61. The Labute approximate surface area is 124 Å². The minimum absolute atomic E-state index is 0.0945. The number of aromatic nitrogens is 1. The SMILES string of the molecule is NC(=O)C1CC2(C=Nc3ncccc32)C2(CCCCC2)N1. The third-order valence-corrected chi connectivity index (χ3v) is 5.56. The van der Waals surface area contributed by atoms with Gasteiger partial charge in [0.05, 0.1) is 11.5 Å². The number of nitrogens with two attached hydrogens (primary N) is 1. The number of fused-ring (bicyclic) bond motifs is 3. The van der Waals surface area contributed by atoms with E-state index >= 15 is 0 Å². The molecule has 2 aliphatic heterocycles. The summed E-state index contributed by atoms with van der Waals surface area (Å²) >= 11 is 0. The standard InChI is InChI=1S/C16H20N4O/c17-13(21)12-9-15(16(20-12)6-2-1-3-7-16)10-19-14-11(15)5-4-8-18-14/h4-5,8,10,12,20H,1-3,6-7,9H2,(H2,17,21). The third kappa shape index (κ3) is 1.64. The number of hydrogen-bond donors (Lipinski definition) is 2. The molecule has 1 aromatic heterocycles. The molecule has 1 aliphatic carbocycles. The quantitative estimate of drug-likeness (QED) is 0.821. The van der Waals surface area contributed by atoms with Gasteiger partial charge in [0, 0.05) is 23.5 Å². The van der Waals surface area contributed by atoms with Gasteiger partial charge in [0.1, 0.15) is 0 Å². The van der Waals surface area contributed by atoms with Gasteiger partial charge >= 0.3 is 0 Å². The number of primary amides is 1. The molecule has 1 saturated heterocycles. The van der Waals surface area contributed by atoms with Gasteiger partial charge in [0.2, 0.25) is 5.91 Å². The summed E-state index contributed by atoms with van der Waals surface area (Å²) in [5.41, 5.74) is 6.43. The van der Waals surface area contributed by atoms with Gasteiger partial charge in [-0.15, -0.1) is 0 Å². The highest BCUT2D eigenvalue weighted by molar-refractivity contribution is 5.90. The van der Waals surface area contributed by atoms with Crippen molar-refractivity contribution < 1.29 is 4.79 Å². The van der Waals surface area contributed by atoms with Crippen molar-refractivity contribution in [3.63, 3.8) is 0 Å². The molecule has 3 N–H and O–H groups in total. The zero-order valence-electron chi connectivity index (χ0n) is 12.0. The van der Waals surface area contributed by atoms with Crippen molar-refractivity contribution >= 4 is 17.9 Å². The molecular weight excluding hydrogens is 264 g/mol. The summed E-state index contributed by atoms with van der Waals surface area (Å²) in [6.45, 7) is 0. The summed E-state index contributed by atoms with van der Waals surface area (Å²) in [6.07, 6.45) is 10.3. The van der Waals surface area contributed by atoms with E-state index in [0.717, 1.165) is 24.2 Å². The van der Waals surface area contributed by atoms with Crippen LogP contribution in [0.4, 0.5) is 5.82 Å². The number of nitrogens with one attached hydrogen (secondary N) is 1. The lowest BCUT2D eigenvalue weighted by Gasteiger charge is -2.45. The van der Waals surface area contributed by atoms with E-state index in [0.29, 0.717) is 6.42 Å². The van der Waals surface area contributed by atoms with E-state index in [1.54, 1.807) is 6.20 Å². The molecule has 1 aromatic rings. The number of nitrogens with zero attached hydrogens (tertiary/aromatic N) is 2. The molecule has 0 radical (unpaired) electrons. The molecule has 1 amide bonds. The molecule has 5 nitrogen and oxygen atoms in total. The minimum atomic E-state index is -0.277. The van der Waals surface area contributed by atoms with Crippen LogP contribution in [0.2, 0.25) is 0 Å². The van der Waals surface area contributed by atoms with E-state index in [9.17, 15) is 4.79 Å². The fraction of sp³-hybridized carbons (Fsp3) is 0.562. The van der Waals surface area contributed by atoms with Crippen LogP contribution in [0.15, 0.2) is 23.3 Å². The zero-order chi connectivity index (χ0) is 14.5. The molecule has 2 fully saturated rings. The van der Waals surface area contributed by atoms with Crippen molar-refractivity contribution in [3.8, 4) is 0 Å². The van der Waals surface area contributed by atoms with Crippen molar-refractivity contribution in [2.75, 3.05) is 0 Å². The van der Waals surface area contributed by atoms with E-state index in [-0.39, 0.29) is 22.9 Å². The van der Waals surface area contributed by atoms with Crippen LogP contribution >= 0.6 is 0 Å². The summed E-state index contributed by atoms with van der Waals surface area (Å²) in [5, 5.41) is 3.59. The number of rotatable bonds is 1. The van der Waals surface area contributed by atoms with Gasteiger partial charge in [0.25, 0.3) is 0 Å². The van der Waals surface area contributed by atoms with Gasteiger partial charge in [-0.3, -0.25) is 10.1 Å². The molecule has 5 heteroatoms. The van der Waals surface area contributed by atoms with Gasteiger partial charge in [-0.1, -0.05) is 25.3 Å². The van der Waals surface area contributed by atoms with E-state index < -0.39 is 0 Å². The van der Waals surface area contributed by atoms with Gasteiger partial charge in [-0.05, 0) is 25.3 Å². The Hall–Kier alpha value is -1.75. The summed E-state index contributed by atoms with van der Waals surface area (Å²) in [6, 6.07) is 3.79. The minimum Gasteiger partial charge on any atom is -0.368 e. The van der Waals surface area contributed by atoms with Gasteiger partial charge < -0.3 is 5.73 Å². The number of carbonyl (C=O) groups is 1. The predicted molar refractivity (Wildman–Crippen MR) is 80.6 cm³/mol. The van der Waals surface area contributed by atoms with Crippen molar-refractivity contribution in [1.82, 2.24) is 10.3 Å². The maximum absolute atomic E-state index is 11.8. The Morgan fingerprint density at radius 2 is 2.14 bits per heavy atom. The second-order valence-electron chi connectivity index (χ2n) is 6.55. The Morgan fingerprint density at radius 1 is 1.33 bits per heavy atom. The molecule has 2 atom stereocenters. The average Bonchev–Trinajstić information content (AvgIpc) is 3.02. The monoisotopic (exact) mass is 284 g/mol. The van der Waals surface area contributed by atoms with Crippen LogP contribution in [0, 0.1) is 0 Å². The van der Waals surface area contributed by atoms with E-state index in [4.69, 9.17) is 5.73 Å². The molecule has 110 valence electrons. The van der Waals surface area contributed by atoms with Gasteiger partial charge in [-0.2, -0.15) is 0 Å². The largest absolute Gasteiger partial charge is 0.368 e. The number of carbonyl (C=O) groups excluding carboxylic acids is 1. The van der Waals surface area contributed by atoms with Crippen molar-refractivity contribution in [2.45, 2.75) is 55.5 Å². The first kappa shape index (κ1) is 13.0. The molecule has 21 heavy (non-hydrogen) atoms. The molecular formula is C16H20N4O. The first-order valence-electron chi connectivity index (χ1n) is 7.75. The summed E-state index contributed by atoms with van der Waals surface area (Å²) < 4.78 is 0. The lowest BCUT2D eigenvalue weighted by molar-refractivity contribution is -0.119. The van der Waals surface area contributed by atoms with Gasteiger partial charge in [-0.25, -0.2) is 9.98 Å². The van der Waals surface area contributed by atoms with Gasteiger partial charge in [0.15, 0.2) is 5.82 Å². The smallest absolute Gasteiger partial charge is 0.234 e. The summed E-state index contributed by atoms with van der Waals surface area (Å²) in [7, 11) is 0. The predicted octanol–water partition coefficient (Wildman–Crippen LogP) is 1.59. The maximum Gasteiger partial charge on any atom is 0.234 e. The molecule has 2 unspecified atom stereocenters. The van der Waals surface area contributed by atoms with Crippen LogP contribution < -0.4 is 11.1 Å². The Balaban J connectivity index is 1.86. The summed E-state index contributed by atoms with van der Waals surface area (Å²) in [5.74, 6) is 0.539. The van der Waals surface area contributed by atoms with Crippen LogP contribution in [0.3, 0.4) is 0 Å². The molecule has 1 saturated carbocycles. The van der Waals surface area contributed by atoms with E-state index in [1.807, 2.05) is 12.3 Å². The highest BCUT2D eigenvalue weighted by atomic mass is 16.1. The van der Waals surface area contributed by atoms with Crippen LogP contribution in [-0.2, 0) is 10.2 Å². The number of amides is 1. The first-order valence-corrected chi connectivity index (χ1v) is 7.75. The Bertz CT molecular complexity index is 620. The fourth-order valence-corrected chi connectivity index (χ4v) is 4.58. The summed E-state index contributed by atoms with van der Waals surface area (Å²) in [4.78, 5) is 20.7. The van der Waals surface area contributed by atoms with Crippen molar-refractivity contribution in [3.05, 3.63) is 23.9 Å². The first-order chi connectivity index (χ1) is 10.2. The van der Waals surface area contributed by atoms with Crippen LogP contribution in [0.5, 0.6) is 0 Å². The number of aliphatic imine (C=N–C) groups is 1. The van der Waals surface area contributed by atoms with Crippen molar-refractivity contribution in [1.29, 1.82) is 0 Å². The lowest BCUT2D eigenvalue weighted by Crippen LogP contribution is -2.57. The molecule has 3 heterocycles. The van der Waals surface area contributed by atoms with E-state index in [1.165, 1.54) is 19.3 Å². The van der Waals surface area contributed by atoms with Crippen LogP contribution in [-0.4, -0.2) is 28.7 Å². The molecule has 3 aliphatic rings. The molecule has 2 spiro atoms. The third-order valence-electron chi connectivity index (χ3n) is 5.56. The number of pyridine rings is 1. The van der Waals surface area contributed by atoms with Crippen molar-refractivity contribution in [2.24, 2.45) is 10.7 Å². The lowest BCUT2D eigenvalue weighted by atomic mass is 9.61. The highest BCUT2D eigenvalue weighted by Crippen LogP contribution is 2.54. The zero-order valence-corrected chi connectivity index (χ0v) is 12.0. The van der Waals surface area contributed by atoms with E-state index in [2.05, 4.69) is 21.4 Å². The normalized spacial score (nSPS) is 32.7. The topological polar surface area (TPSA) is 80.4 Å². The molecule has 0 aromatic carbocycles. The fourth-order valence-electron chi connectivity index (χ4n) is 4.58. The maximum atomic E-state index is 11.8. The Morgan fingerprint density at radius 3 is 2.90 bits per heavy atom. The molecule has 0 bridgehead atoms. The number of hydrogen-bond acceptors (Lipinski definition) is 4. The second kappa shape index (κ2) is 4.37. The van der Waals surface area contributed by atoms with Crippen LogP contribution in [0.1, 0.15) is 44.1 Å². The van der Waals surface area contributed by atoms with Crippen LogP contribution in [0.25, 0.3) is 0 Å². The second-order valence-corrected chi connectivity index (χ2v) is 6.55.